The predicted octanol–water partition coefficient (Wildman–Crippen LogP) is 5.13. The molecule has 6 heteroatoms. The van der Waals surface area contributed by atoms with Crippen LogP contribution in [0.25, 0.3) is 22.0 Å². The summed E-state index contributed by atoms with van der Waals surface area (Å²) in [4.78, 5) is 12.2. The smallest absolute Gasteiger partial charge is 0.268 e. The quantitative estimate of drug-likeness (QED) is 0.494. The van der Waals surface area contributed by atoms with Gasteiger partial charge in [0.2, 0.25) is 0 Å². The number of hydrogen-bond donors (Lipinski definition) is 0. The molecule has 0 fully saturated rings. The van der Waals surface area contributed by atoms with E-state index in [9.17, 15) is 18.0 Å². The summed E-state index contributed by atoms with van der Waals surface area (Å²) in [6, 6.07) is 21.6. The molecule has 0 aliphatic rings. The van der Waals surface area contributed by atoms with Crippen molar-refractivity contribution >= 4 is 10.8 Å². The molecule has 0 bridgehead atoms. The number of alkyl halides is 3. The van der Waals surface area contributed by atoms with Gasteiger partial charge in [0.25, 0.3) is 5.56 Å². The van der Waals surface area contributed by atoms with Gasteiger partial charge in [-0.05, 0) is 34.5 Å². The minimum absolute atomic E-state index is 0.0403. The SMILES string of the molecule is O=c1ccc(-c2cccc3ccccc23)nn1Cc1cccc(C(F)(F)F)c1. The van der Waals surface area contributed by atoms with Crippen molar-refractivity contribution in [2.75, 3.05) is 0 Å². The van der Waals surface area contributed by atoms with Crippen molar-refractivity contribution in [3.63, 3.8) is 0 Å². The molecule has 0 spiro atoms. The van der Waals surface area contributed by atoms with Crippen molar-refractivity contribution < 1.29 is 13.2 Å². The third kappa shape index (κ3) is 3.53. The number of halogens is 3. The number of hydrogen-bond acceptors (Lipinski definition) is 2. The maximum atomic E-state index is 12.9. The Morgan fingerprint density at radius 2 is 1.61 bits per heavy atom. The maximum absolute atomic E-state index is 12.9. The van der Waals surface area contributed by atoms with E-state index in [1.165, 1.54) is 16.8 Å². The first kappa shape index (κ1) is 18.0. The zero-order chi connectivity index (χ0) is 19.7. The fourth-order valence-corrected chi connectivity index (χ4v) is 3.17. The molecule has 0 saturated heterocycles. The van der Waals surface area contributed by atoms with E-state index in [2.05, 4.69) is 5.10 Å². The van der Waals surface area contributed by atoms with Crippen LogP contribution in [0, 0.1) is 0 Å². The van der Waals surface area contributed by atoms with Gasteiger partial charge >= 0.3 is 6.18 Å². The fourth-order valence-electron chi connectivity index (χ4n) is 3.17. The zero-order valence-corrected chi connectivity index (χ0v) is 14.6. The number of aromatic nitrogens is 2. The molecule has 1 heterocycles. The summed E-state index contributed by atoms with van der Waals surface area (Å²) in [7, 11) is 0. The van der Waals surface area contributed by atoms with Gasteiger partial charge in [0.15, 0.2) is 0 Å². The van der Waals surface area contributed by atoms with Crippen molar-refractivity contribution in [3.8, 4) is 11.3 Å². The van der Waals surface area contributed by atoms with Crippen LogP contribution in [0.1, 0.15) is 11.1 Å². The Labute approximate surface area is 158 Å². The van der Waals surface area contributed by atoms with Gasteiger partial charge in [0.05, 0.1) is 17.8 Å². The van der Waals surface area contributed by atoms with Crippen LogP contribution < -0.4 is 5.56 Å². The summed E-state index contributed by atoms with van der Waals surface area (Å²) in [5.41, 5.74) is 0.684. The third-order valence-electron chi connectivity index (χ3n) is 4.52. The summed E-state index contributed by atoms with van der Waals surface area (Å²) in [6.07, 6.45) is -4.43. The molecule has 3 aromatic carbocycles. The minimum atomic E-state index is -4.43. The van der Waals surface area contributed by atoms with E-state index in [1.54, 1.807) is 12.1 Å². The van der Waals surface area contributed by atoms with Crippen molar-refractivity contribution in [2.24, 2.45) is 0 Å². The predicted molar refractivity (Wildman–Crippen MR) is 102 cm³/mol. The summed E-state index contributed by atoms with van der Waals surface area (Å²) in [5.74, 6) is 0. The second-order valence-electron chi connectivity index (χ2n) is 6.44. The first-order valence-corrected chi connectivity index (χ1v) is 8.64. The van der Waals surface area contributed by atoms with E-state index < -0.39 is 11.7 Å². The largest absolute Gasteiger partial charge is 0.416 e. The lowest BCUT2D eigenvalue weighted by molar-refractivity contribution is -0.137. The van der Waals surface area contributed by atoms with Gasteiger partial charge in [-0.25, -0.2) is 4.68 Å². The third-order valence-corrected chi connectivity index (χ3v) is 4.52. The Morgan fingerprint density at radius 1 is 0.857 bits per heavy atom. The van der Waals surface area contributed by atoms with Crippen LogP contribution >= 0.6 is 0 Å². The van der Waals surface area contributed by atoms with Gasteiger partial charge in [-0.3, -0.25) is 4.79 Å². The molecule has 1 aromatic heterocycles. The van der Waals surface area contributed by atoms with Crippen LogP contribution in [0.5, 0.6) is 0 Å². The highest BCUT2D eigenvalue weighted by molar-refractivity contribution is 5.95. The minimum Gasteiger partial charge on any atom is -0.268 e. The van der Waals surface area contributed by atoms with E-state index in [-0.39, 0.29) is 12.1 Å². The van der Waals surface area contributed by atoms with Crippen LogP contribution in [-0.2, 0) is 12.7 Å². The highest BCUT2D eigenvalue weighted by Gasteiger charge is 2.30. The number of rotatable bonds is 3. The van der Waals surface area contributed by atoms with E-state index in [4.69, 9.17) is 0 Å². The average molecular weight is 380 g/mol. The molecule has 4 aromatic rings. The van der Waals surface area contributed by atoms with Gasteiger partial charge in [0, 0.05) is 11.6 Å². The van der Waals surface area contributed by atoms with E-state index in [0.717, 1.165) is 28.5 Å². The average Bonchev–Trinajstić information content (AvgIpc) is 2.69. The van der Waals surface area contributed by atoms with E-state index in [1.807, 2.05) is 42.5 Å². The first-order valence-electron chi connectivity index (χ1n) is 8.64. The highest BCUT2D eigenvalue weighted by atomic mass is 19.4. The van der Waals surface area contributed by atoms with Gasteiger partial charge in [-0.15, -0.1) is 0 Å². The Balaban J connectivity index is 1.75. The molecule has 0 unspecified atom stereocenters. The Morgan fingerprint density at radius 3 is 2.43 bits per heavy atom. The zero-order valence-electron chi connectivity index (χ0n) is 14.6. The molecule has 0 atom stereocenters. The van der Waals surface area contributed by atoms with Gasteiger partial charge in [-0.2, -0.15) is 18.3 Å². The molecule has 0 radical (unpaired) electrons. The monoisotopic (exact) mass is 380 g/mol. The number of nitrogens with zero attached hydrogens (tertiary/aromatic N) is 2. The molecule has 0 amide bonds. The summed E-state index contributed by atoms with van der Waals surface area (Å²) in [6.45, 7) is -0.0403. The van der Waals surface area contributed by atoms with Crippen LogP contribution in [0.2, 0.25) is 0 Å². The van der Waals surface area contributed by atoms with Crippen molar-refractivity contribution in [3.05, 3.63) is 100 Å². The molecule has 4 rings (SSSR count). The van der Waals surface area contributed by atoms with Crippen LogP contribution in [0.15, 0.2) is 83.7 Å². The second-order valence-corrected chi connectivity index (χ2v) is 6.44. The Kier molecular flexibility index (Phi) is 4.47. The molecule has 0 N–H and O–H groups in total. The fraction of sp³-hybridized carbons (Fsp3) is 0.0909. The molecular formula is C22H15F3N2O. The molecule has 3 nitrogen and oxygen atoms in total. The van der Waals surface area contributed by atoms with Crippen molar-refractivity contribution in [1.82, 2.24) is 9.78 Å². The van der Waals surface area contributed by atoms with E-state index in [0.29, 0.717) is 11.3 Å². The molecule has 140 valence electrons. The molecule has 0 aliphatic carbocycles. The lowest BCUT2D eigenvalue weighted by atomic mass is 10.0. The normalized spacial score (nSPS) is 11.7. The van der Waals surface area contributed by atoms with Gasteiger partial charge in [0.1, 0.15) is 0 Å². The van der Waals surface area contributed by atoms with Gasteiger partial charge < -0.3 is 0 Å². The maximum Gasteiger partial charge on any atom is 0.416 e. The topological polar surface area (TPSA) is 34.9 Å². The molecular weight excluding hydrogens is 365 g/mol. The lowest BCUT2D eigenvalue weighted by Crippen LogP contribution is -2.23. The highest BCUT2D eigenvalue weighted by Crippen LogP contribution is 2.30. The van der Waals surface area contributed by atoms with E-state index >= 15 is 0 Å². The lowest BCUT2D eigenvalue weighted by Gasteiger charge is -2.11. The van der Waals surface area contributed by atoms with Crippen LogP contribution in [0.3, 0.4) is 0 Å². The van der Waals surface area contributed by atoms with Crippen molar-refractivity contribution in [1.29, 1.82) is 0 Å². The van der Waals surface area contributed by atoms with Crippen molar-refractivity contribution in [2.45, 2.75) is 12.7 Å². The summed E-state index contributed by atoms with van der Waals surface area (Å²) >= 11 is 0. The molecule has 28 heavy (non-hydrogen) atoms. The first-order chi connectivity index (χ1) is 13.4. The number of fused-ring (bicyclic) bond motifs is 1. The molecule has 0 aliphatic heterocycles. The number of benzene rings is 3. The summed E-state index contributed by atoms with van der Waals surface area (Å²) < 4.78 is 40.0. The van der Waals surface area contributed by atoms with Gasteiger partial charge in [-0.1, -0.05) is 54.6 Å². The van der Waals surface area contributed by atoms with Crippen LogP contribution in [0.4, 0.5) is 13.2 Å². The Hall–Kier alpha value is -3.41. The second kappa shape index (κ2) is 6.96. The Bertz CT molecular complexity index is 1210. The summed E-state index contributed by atoms with van der Waals surface area (Å²) in [5, 5.41) is 6.43. The molecule has 0 saturated carbocycles. The van der Waals surface area contributed by atoms with Crippen LogP contribution in [-0.4, -0.2) is 9.78 Å². The standard InChI is InChI=1S/C22H15F3N2O/c23-22(24,25)17-8-3-5-15(13-17)14-27-21(28)12-11-20(26-27)19-10-4-7-16-6-1-2-9-18(16)19/h1-13H,14H2.